The molecule has 1 aliphatic heterocycles. The molecular formula is C13H16N2O3. The minimum Gasteiger partial charge on any atom is -0.481 e. The number of carbonyl (C=O) groups is 2. The highest BCUT2D eigenvalue weighted by molar-refractivity contribution is 5.93. The van der Waals surface area contributed by atoms with Crippen molar-refractivity contribution in [2.75, 3.05) is 5.32 Å². The summed E-state index contributed by atoms with van der Waals surface area (Å²) >= 11 is 0. The fourth-order valence-electron chi connectivity index (χ4n) is 2.08. The summed E-state index contributed by atoms with van der Waals surface area (Å²) in [5, 5.41) is 11.4. The van der Waals surface area contributed by atoms with E-state index in [4.69, 9.17) is 10.8 Å². The molecule has 1 aromatic rings. The lowest BCUT2D eigenvalue weighted by Gasteiger charge is -2.19. The maximum atomic E-state index is 11.2. The molecule has 1 heterocycles. The van der Waals surface area contributed by atoms with Crippen LogP contribution in [0.5, 0.6) is 0 Å². The zero-order valence-corrected chi connectivity index (χ0v) is 9.98. The number of carboxylic acid groups (broad SMARTS) is 1. The first-order valence-corrected chi connectivity index (χ1v) is 5.96. The van der Waals surface area contributed by atoms with Crippen LogP contribution in [-0.2, 0) is 16.0 Å². The number of nitrogens with one attached hydrogen (secondary N) is 1. The van der Waals surface area contributed by atoms with E-state index in [1.54, 1.807) is 0 Å². The van der Waals surface area contributed by atoms with Gasteiger partial charge in [0.05, 0.1) is 0 Å². The standard InChI is InChI=1S/C13H16N2O3/c14-10(3-6-13(17)18)8-1-4-11-9(7-8)2-5-12(16)15-11/h1,4,7,10H,2-3,5-6,14H2,(H,15,16)(H,17,18). The molecule has 0 fully saturated rings. The third kappa shape index (κ3) is 2.87. The molecule has 1 aromatic carbocycles. The maximum Gasteiger partial charge on any atom is 0.303 e. The van der Waals surface area contributed by atoms with E-state index in [1.807, 2.05) is 18.2 Å². The van der Waals surface area contributed by atoms with Gasteiger partial charge >= 0.3 is 5.97 Å². The van der Waals surface area contributed by atoms with Gasteiger partial charge < -0.3 is 16.2 Å². The van der Waals surface area contributed by atoms with E-state index >= 15 is 0 Å². The van der Waals surface area contributed by atoms with E-state index in [0.29, 0.717) is 19.3 Å². The number of nitrogens with two attached hydrogens (primary N) is 1. The molecule has 0 saturated carbocycles. The summed E-state index contributed by atoms with van der Waals surface area (Å²) in [6, 6.07) is 5.37. The average molecular weight is 248 g/mol. The Kier molecular flexibility index (Phi) is 3.62. The number of benzene rings is 1. The molecule has 0 radical (unpaired) electrons. The molecule has 5 heteroatoms. The lowest BCUT2D eigenvalue weighted by Crippen LogP contribution is -2.20. The number of rotatable bonds is 4. The zero-order chi connectivity index (χ0) is 13.1. The summed E-state index contributed by atoms with van der Waals surface area (Å²) in [5.41, 5.74) is 8.78. The van der Waals surface area contributed by atoms with Crippen molar-refractivity contribution in [3.05, 3.63) is 29.3 Å². The van der Waals surface area contributed by atoms with Crippen molar-refractivity contribution in [3.63, 3.8) is 0 Å². The second-order valence-corrected chi connectivity index (χ2v) is 4.50. The normalized spacial score (nSPS) is 15.7. The summed E-state index contributed by atoms with van der Waals surface area (Å²) in [6.07, 6.45) is 1.68. The number of fused-ring (bicyclic) bond motifs is 1. The predicted molar refractivity (Wildman–Crippen MR) is 67.2 cm³/mol. The second kappa shape index (κ2) is 5.18. The Morgan fingerprint density at radius 1 is 1.44 bits per heavy atom. The van der Waals surface area contributed by atoms with E-state index < -0.39 is 5.97 Å². The molecule has 1 amide bonds. The minimum atomic E-state index is -0.837. The van der Waals surface area contributed by atoms with Crippen LogP contribution in [0.4, 0.5) is 5.69 Å². The summed E-state index contributed by atoms with van der Waals surface area (Å²) in [6.45, 7) is 0. The van der Waals surface area contributed by atoms with Gasteiger partial charge in [-0.25, -0.2) is 0 Å². The summed E-state index contributed by atoms with van der Waals surface area (Å²) in [7, 11) is 0. The minimum absolute atomic E-state index is 0.0328. The van der Waals surface area contributed by atoms with Crippen LogP contribution in [-0.4, -0.2) is 17.0 Å². The lowest BCUT2D eigenvalue weighted by molar-refractivity contribution is -0.137. The van der Waals surface area contributed by atoms with Crippen LogP contribution in [0, 0.1) is 0 Å². The largest absolute Gasteiger partial charge is 0.481 e. The molecule has 5 nitrogen and oxygen atoms in total. The number of aliphatic carboxylic acids is 1. The fraction of sp³-hybridized carbons (Fsp3) is 0.385. The first-order valence-electron chi connectivity index (χ1n) is 5.96. The number of aryl methyl sites for hydroxylation is 1. The molecule has 0 aromatic heterocycles. The monoisotopic (exact) mass is 248 g/mol. The predicted octanol–water partition coefficient (Wildman–Crippen LogP) is 1.44. The first-order chi connectivity index (χ1) is 8.56. The number of carbonyl (C=O) groups excluding carboxylic acids is 1. The van der Waals surface area contributed by atoms with E-state index in [0.717, 1.165) is 16.8 Å². The Bertz CT molecular complexity index is 485. The van der Waals surface area contributed by atoms with Crippen LogP contribution >= 0.6 is 0 Å². The first kappa shape index (κ1) is 12.6. The van der Waals surface area contributed by atoms with Crippen molar-refractivity contribution in [3.8, 4) is 0 Å². The second-order valence-electron chi connectivity index (χ2n) is 4.50. The zero-order valence-electron chi connectivity index (χ0n) is 9.98. The number of hydrogen-bond donors (Lipinski definition) is 3. The van der Waals surface area contributed by atoms with Crippen molar-refractivity contribution in [1.82, 2.24) is 0 Å². The Hall–Kier alpha value is -1.88. The smallest absolute Gasteiger partial charge is 0.303 e. The van der Waals surface area contributed by atoms with Gasteiger partial charge in [0, 0.05) is 24.6 Å². The van der Waals surface area contributed by atoms with Crippen LogP contribution in [0.25, 0.3) is 0 Å². The van der Waals surface area contributed by atoms with Crippen LogP contribution in [0.3, 0.4) is 0 Å². The van der Waals surface area contributed by atoms with Gasteiger partial charge in [0.15, 0.2) is 0 Å². The average Bonchev–Trinajstić information content (AvgIpc) is 2.35. The van der Waals surface area contributed by atoms with Crippen molar-refractivity contribution in [2.45, 2.75) is 31.7 Å². The molecule has 4 N–H and O–H groups in total. The highest BCUT2D eigenvalue weighted by Crippen LogP contribution is 2.26. The van der Waals surface area contributed by atoms with Crippen molar-refractivity contribution in [2.24, 2.45) is 5.73 Å². The van der Waals surface area contributed by atoms with E-state index in [2.05, 4.69) is 5.32 Å². The van der Waals surface area contributed by atoms with Gasteiger partial charge in [-0.2, -0.15) is 0 Å². The van der Waals surface area contributed by atoms with Gasteiger partial charge in [0.1, 0.15) is 0 Å². The molecule has 96 valence electrons. The highest BCUT2D eigenvalue weighted by atomic mass is 16.4. The number of hydrogen-bond acceptors (Lipinski definition) is 3. The fourth-order valence-corrected chi connectivity index (χ4v) is 2.08. The Balaban J connectivity index is 2.11. The molecule has 1 aliphatic rings. The molecule has 2 rings (SSSR count). The molecule has 0 spiro atoms. The van der Waals surface area contributed by atoms with Crippen LogP contribution in [0.1, 0.15) is 36.4 Å². The van der Waals surface area contributed by atoms with Gasteiger partial charge in [-0.3, -0.25) is 9.59 Å². The number of carboxylic acids is 1. The quantitative estimate of drug-likeness (QED) is 0.751. The van der Waals surface area contributed by atoms with Crippen molar-refractivity contribution < 1.29 is 14.7 Å². The van der Waals surface area contributed by atoms with Crippen molar-refractivity contribution in [1.29, 1.82) is 0 Å². The Morgan fingerprint density at radius 3 is 2.94 bits per heavy atom. The Labute approximate surface area is 105 Å². The van der Waals surface area contributed by atoms with E-state index in [1.165, 1.54) is 0 Å². The van der Waals surface area contributed by atoms with Gasteiger partial charge in [-0.1, -0.05) is 12.1 Å². The molecule has 1 atom stereocenters. The van der Waals surface area contributed by atoms with Gasteiger partial charge in [-0.05, 0) is 30.0 Å². The molecule has 0 bridgehead atoms. The van der Waals surface area contributed by atoms with E-state index in [9.17, 15) is 9.59 Å². The topological polar surface area (TPSA) is 92.4 Å². The molecule has 18 heavy (non-hydrogen) atoms. The van der Waals surface area contributed by atoms with Gasteiger partial charge in [-0.15, -0.1) is 0 Å². The molecule has 0 saturated heterocycles. The SMILES string of the molecule is NC(CCC(=O)O)c1ccc2c(c1)CCC(=O)N2. The van der Waals surface area contributed by atoms with Crippen molar-refractivity contribution >= 4 is 17.6 Å². The van der Waals surface area contributed by atoms with E-state index in [-0.39, 0.29) is 18.4 Å². The van der Waals surface area contributed by atoms with Gasteiger partial charge in [0.2, 0.25) is 5.91 Å². The van der Waals surface area contributed by atoms with Crippen LogP contribution in [0.2, 0.25) is 0 Å². The number of anilines is 1. The third-order valence-electron chi connectivity index (χ3n) is 3.12. The summed E-state index contributed by atoms with van der Waals surface area (Å²) in [4.78, 5) is 21.7. The number of amides is 1. The van der Waals surface area contributed by atoms with Gasteiger partial charge in [0.25, 0.3) is 0 Å². The lowest BCUT2D eigenvalue weighted by atomic mass is 9.96. The molecular weight excluding hydrogens is 232 g/mol. The summed E-state index contributed by atoms with van der Waals surface area (Å²) in [5.74, 6) is -0.805. The maximum absolute atomic E-state index is 11.2. The summed E-state index contributed by atoms with van der Waals surface area (Å²) < 4.78 is 0. The Morgan fingerprint density at radius 2 is 2.22 bits per heavy atom. The molecule has 0 aliphatic carbocycles. The van der Waals surface area contributed by atoms with Crippen LogP contribution < -0.4 is 11.1 Å². The van der Waals surface area contributed by atoms with Crippen LogP contribution in [0.15, 0.2) is 18.2 Å². The molecule has 1 unspecified atom stereocenters. The third-order valence-corrected chi connectivity index (χ3v) is 3.12. The highest BCUT2D eigenvalue weighted by Gasteiger charge is 2.16.